The molecule has 4 heteroatoms. The lowest BCUT2D eigenvalue weighted by molar-refractivity contribution is -0.120. The van der Waals surface area contributed by atoms with Gasteiger partial charge in [-0.1, -0.05) is 41.4 Å². The first-order valence-electron chi connectivity index (χ1n) is 11.3. The van der Waals surface area contributed by atoms with Crippen LogP contribution in [0.15, 0.2) is 48.0 Å². The van der Waals surface area contributed by atoms with Crippen molar-refractivity contribution in [2.45, 2.75) is 58.8 Å². The van der Waals surface area contributed by atoms with E-state index in [2.05, 4.69) is 24.4 Å². The molecule has 0 aliphatic heterocycles. The van der Waals surface area contributed by atoms with Crippen LogP contribution in [0.5, 0.6) is 0 Å². The van der Waals surface area contributed by atoms with Gasteiger partial charge in [-0.05, 0) is 93.7 Å². The van der Waals surface area contributed by atoms with Crippen LogP contribution in [0.3, 0.4) is 0 Å². The topological polar surface area (TPSA) is 46.2 Å². The maximum atomic E-state index is 12.7. The maximum Gasteiger partial charge on any atom is 0.227 e. The van der Waals surface area contributed by atoms with Gasteiger partial charge in [0.05, 0.1) is 0 Å². The van der Waals surface area contributed by atoms with Gasteiger partial charge >= 0.3 is 0 Å². The molecular weight excluding hydrogens is 406 g/mol. The number of amides is 1. The van der Waals surface area contributed by atoms with Crippen molar-refractivity contribution in [1.82, 2.24) is 0 Å². The van der Waals surface area contributed by atoms with Gasteiger partial charge in [0, 0.05) is 28.1 Å². The van der Waals surface area contributed by atoms with Crippen molar-refractivity contribution in [2.75, 3.05) is 5.32 Å². The zero-order valence-electron chi connectivity index (χ0n) is 18.3. The number of rotatable bonds is 5. The molecule has 3 nitrogen and oxygen atoms in total. The van der Waals surface area contributed by atoms with Crippen LogP contribution in [0.1, 0.15) is 65.6 Å². The highest BCUT2D eigenvalue weighted by atomic mass is 35.5. The average molecular weight is 436 g/mol. The fraction of sp³-hybridized carbons (Fsp3) is 0.407. The minimum Gasteiger partial charge on any atom is -0.326 e. The molecule has 1 atom stereocenters. The summed E-state index contributed by atoms with van der Waals surface area (Å²) in [4.78, 5) is 25.3. The van der Waals surface area contributed by atoms with E-state index >= 15 is 0 Å². The molecule has 1 unspecified atom stereocenters. The number of fused-ring (bicyclic) bond motifs is 1. The van der Waals surface area contributed by atoms with Crippen molar-refractivity contribution in [1.29, 1.82) is 0 Å². The van der Waals surface area contributed by atoms with E-state index in [0.717, 1.165) is 61.8 Å². The molecule has 0 radical (unpaired) electrons. The third kappa shape index (κ3) is 4.93. The number of benzene rings is 2. The molecule has 1 amide bonds. The fourth-order valence-corrected chi connectivity index (χ4v) is 5.02. The summed E-state index contributed by atoms with van der Waals surface area (Å²) < 4.78 is 0. The molecule has 2 aliphatic rings. The Balaban J connectivity index is 1.24. The van der Waals surface area contributed by atoms with Crippen LogP contribution in [0.4, 0.5) is 5.69 Å². The number of Topliss-reactive ketones (excluding diaryl/α,β-unsaturated/α-hetero) is 1. The fourth-order valence-electron chi connectivity index (χ4n) is 4.91. The number of carbonyl (C=O) groups is 2. The third-order valence-electron chi connectivity index (χ3n) is 6.87. The standard InChI is InChI=1S/C27H30ClNO2/c1-17-5-3-8-23-24(17)16-21(26(23)30)7-4-6-19-9-11-20(12-10-19)27(31)29-22-13-14-25(28)18(2)15-22/h3,5-6,8,13-15,20-21H,4,7,9-12,16H2,1-2H3,(H,29,31). The van der Waals surface area contributed by atoms with Crippen LogP contribution >= 0.6 is 11.6 Å². The molecule has 2 aromatic carbocycles. The van der Waals surface area contributed by atoms with Crippen molar-refractivity contribution in [3.8, 4) is 0 Å². The highest BCUT2D eigenvalue weighted by molar-refractivity contribution is 6.31. The van der Waals surface area contributed by atoms with E-state index in [1.807, 2.05) is 37.3 Å². The molecule has 0 bridgehead atoms. The Morgan fingerprint density at radius 1 is 1.13 bits per heavy atom. The predicted octanol–water partition coefficient (Wildman–Crippen LogP) is 6.85. The number of allylic oxidation sites excluding steroid dienone is 2. The zero-order chi connectivity index (χ0) is 22.0. The summed E-state index contributed by atoms with van der Waals surface area (Å²) in [5.41, 5.74) is 6.62. The first kappa shape index (κ1) is 21.8. The Hall–Kier alpha value is -2.39. The normalized spacial score (nSPS) is 20.5. The minimum absolute atomic E-state index is 0.0574. The number of halogens is 1. The maximum absolute atomic E-state index is 12.7. The largest absolute Gasteiger partial charge is 0.326 e. The van der Waals surface area contributed by atoms with Gasteiger partial charge in [0.15, 0.2) is 5.78 Å². The Morgan fingerprint density at radius 2 is 1.90 bits per heavy atom. The van der Waals surface area contributed by atoms with E-state index < -0.39 is 0 Å². The highest BCUT2D eigenvalue weighted by Crippen LogP contribution is 2.33. The van der Waals surface area contributed by atoms with Gasteiger partial charge in [-0.15, -0.1) is 0 Å². The number of ketones is 1. The first-order chi connectivity index (χ1) is 14.9. The van der Waals surface area contributed by atoms with Crippen molar-refractivity contribution in [3.63, 3.8) is 0 Å². The number of nitrogens with one attached hydrogen (secondary N) is 1. The lowest BCUT2D eigenvalue weighted by atomic mass is 9.84. The predicted molar refractivity (Wildman–Crippen MR) is 127 cm³/mol. The second-order valence-corrected chi connectivity index (χ2v) is 9.44. The quantitative estimate of drug-likeness (QED) is 0.522. The van der Waals surface area contributed by atoms with E-state index in [9.17, 15) is 9.59 Å². The van der Waals surface area contributed by atoms with Gasteiger partial charge in [-0.3, -0.25) is 9.59 Å². The summed E-state index contributed by atoms with van der Waals surface area (Å²) in [7, 11) is 0. The molecule has 0 aromatic heterocycles. The number of hydrogen-bond acceptors (Lipinski definition) is 2. The van der Waals surface area contributed by atoms with Gasteiger partial charge in [0.1, 0.15) is 0 Å². The SMILES string of the molecule is Cc1cc(NC(=O)C2CCC(=CCCC3Cc4c(C)cccc4C3=O)CC2)ccc1Cl. The molecule has 0 saturated heterocycles. The lowest BCUT2D eigenvalue weighted by Gasteiger charge is -2.23. The second-order valence-electron chi connectivity index (χ2n) is 9.03. The van der Waals surface area contributed by atoms with Crippen LogP contribution < -0.4 is 5.32 Å². The molecule has 1 N–H and O–H groups in total. The number of anilines is 1. The molecule has 2 aromatic rings. The van der Waals surface area contributed by atoms with Crippen LogP contribution in [0.2, 0.25) is 5.02 Å². The van der Waals surface area contributed by atoms with Gasteiger partial charge in [0.25, 0.3) is 0 Å². The number of hydrogen-bond donors (Lipinski definition) is 1. The Bertz CT molecular complexity index is 1030. The summed E-state index contributed by atoms with van der Waals surface area (Å²) in [6.45, 7) is 4.04. The summed E-state index contributed by atoms with van der Waals surface area (Å²) in [6.07, 6.45) is 8.77. The van der Waals surface area contributed by atoms with E-state index in [1.165, 1.54) is 16.7 Å². The average Bonchev–Trinajstić information content (AvgIpc) is 3.08. The minimum atomic E-state index is 0.0574. The smallest absolute Gasteiger partial charge is 0.227 e. The van der Waals surface area contributed by atoms with Crippen LogP contribution in [0.25, 0.3) is 0 Å². The van der Waals surface area contributed by atoms with Gasteiger partial charge < -0.3 is 5.32 Å². The number of carbonyl (C=O) groups excluding carboxylic acids is 2. The monoisotopic (exact) mass is 435 g/mol. The molecule has 31 heavy (non-hydrogen) atoms. The van der Waals surface area contributed by atoms with Crippen molar-refractivity contribution in [3.05, 3.63) is 75.3 Å². The van der Waals surface area contributed by atoms with Gasteiger partial charge in [-0.25, -0.2) is 0 Å². The van der Waals surface area contributed by atoms with Crippen molar-refractivity contribution in [2.24, 2.45) is 11.8 Å². The Labute approximate surface area is 189 Å². The molecule has 4 rings (SSSR count). The molecule has 0 heterocycles. The summed E-state index contributed by atoms with van der Waals surface area (Å²) in [6, 6.07) is 11.6. The number of aryl methyl sites for hydroxylation is 2. The zero-order valence-corrected chi connectivity index (χ0v) is 19.1. The third-order valence-corrected chi connectivity index (χ3v) is 7.29. The highest BCUT2D eigenvalue weighted by Gasteiger charge is 2.30. The molecule has 1 saturated carbocycles. The van der Waals surface area contributed by atoms with E-state index in [1.54, 1.807) is 0 Å². The molecule has 162 valence electrons. The van der Waals surface area contributed by atoms with E-state index in [0.29, 0.717) is 10.8 Å². The van der Waals surface area contributed by atoms with Crippen LogP contribution in [-0.2, 0) is 11.2 Å². The van der Waals surface area contributed by atoms with Gasteiger partial charge in [-0.2, -0.15) is 0 Å². The van der Waals surface area contributed by atoms with Crippen LogP contribution in [-0.4, -0.2) is 11.7 Å². The first-order valence-corrected chi connectivity index (χ1v) is 11.7. The summed E-state index contributed by atoms with van der Waals surface area (Å²) in [5.74, 6) is 0.597. The summed E-state index contributed by atoms with van der Waals surface area (Å²) in [5, 5.41) is 3.75. The Morgan fingerprint density at radius 3 is 2.61 bits per heavy atom. The van der Waals surface area contributed by atoms with E-state index in [-0.39, 0.29) is 17.7 Å². The molecule has 1 fully saturated rings. The van der Waals surface area contributed by atoms with Crippen molar-refractivity contribution >= 4 is 29.0 Å². The summed E-state index contributed by atoms with van der Waals surface area (Å²) >= 11 is 6.07. The second kappa shape index (κ2) is 9.40. The Kier molecular flexibility index (Phi) is 6.62. The van der Waals surface area contributed by atoms with E-state index in [4.69, 9.17) is 11.6 Å². The molecule has 2 aliphatic carbocycles. The van der Waals surface area contributed by atoms with Gasteiger partial charge in [0.2, 0.25) is 5.91 Å². The molecule has 0 spiro atoms. The molecular formula is C27H30ClNO2. The van der Waals surface area contributed by atoms with Crippen LogP contribution in [0, 0.1) is 25.7 Å². The van der Waals surface area contributed by atoms with Crippen molar-refractivity contribution < 1.29 is 9.59 Å². The lowest BCUT2D eigenvalue weighted by Crippen LogP contribution is -2.25.